The van der Waals surface area contributed by atoms with Crippen LogP contribution in [-0.4, -0.2) is 55.6 Å². The molecule has 36 heavy (non-hydrogen) atoms. The minimum atomic E-state index is -0.928. The highest BCUT2D eigenvalue weighted by atomic mass is 16.7. The molecule has 4 rings (SSSR count). The van der Waals surface area contributed by atoms with E-state index in [-0.39, 0.29) is 6.61 Å². The predicted molar refractivity (Wildman–Crippen MR) is 137 cm³/mol. The van der Waals surface area contributed by atoms with Gasteiger partial charge in [0.2, 0.25) is 0 Å². The van der Waals surface area contributed by atoms with Crippen molar-refractivity contribution in [3.63, 3.8) is 0 Å². The summed E-state index contributed by atoms with van der Waals surface area (Å²) in [7, 11) is 0. The molecular weight excluding hydrogens is 456 g/mol. The number of aliphatic hydroxyl groups is 1. The Morgan fingerprint density at radius 2 is 1.36 bits per heavy atom. The van der Waals surface area contributed by atoms with E-state index in [1.807, 2.05) is 85.8 Å². The third kappa shape index (κ3) is 7.71. The monoisotopic (exact) mass is 492 g/mol. The van der Waals surface area contributed by atoms with Crippen LogP contribution in [0.25, 0.3) is 0 Å². The summed E-state index contributed by atoms with van der Waals surface area (Å²) in [6, 6.07) is 30.1. The first kappa shape index (κ1) is 26.5. The SMILES string of the molecule is CCO[C@H]1O[C@H](C(COCc2ccccc2)OCc2ccccc2)C(OCCc2ccccc2)C1O. The molecule has 3 aromatic rings. The molecule has 1 aliphatic heterocycles. The Bertz CT molecular complexity index is 984. The Labute approximate surface area is 213 Å². The van der Waals surface area contributed by atoms with Crippen LogP contribution in [0.5, 0.6) is 0 Å². The van der Waals surface area contributed by atoms with E-state index in [2.05, 4.69) is 12.1 Å². The van der Waals surface area contributed by atoms with Crippen molar-refractivity contribution in [2.45, 2.75) is 57.3 Å². The zero-order valence-corrected chi connectivity index (χ0v) is 20.8. The van der Waals surface area contributed by atoms with E-state index in [9.17, 15) is 5.11 Å². The molecule has 192 valence electrons. The van der Waals surface area contributed by atoms with E-state index in [1.54, 1.807) is 0 Å². The van der Waals surface area contributed by atoms with Gasteiger partial charge in [0.05, 0.1) is 26.4 Å². The molecule has 6 heteroatoms. The Hall–Kier alpha value is -2.58. The van der Waals surface area contributed by atoms with Gasteiger partial charge in [0.1, 0.15) is 24.4 Å². The molecule has 0 saturated carbocycles. The lowest BCUT2D eigenvalue weighted by Gasteiger charge is -2.28. The first-order valence-electron chi connectivity index (χ1n) is 12.6. The standard InChI is InChI=1S/C30H36O6/c1-2-33-30-27(31)29(34-19-18-23-12-6-3-7-13-23)28(36-30)26(35-21-25-16-10-5-11-17-25)22-32-20-24-14-8-4-9-15-24/h3-17,26-31H,2,18-22H2,1H3/t26?,27?,28-,29?,30+/m1/s1. The van der Waals surface area contributed by atoms with Crippen LogP contribution in [0, 0.1) is 0 Å². The van der Waals surface area contributed by atoms with E-state index in [1.165, 1.54) is 5.56 Å². The summed E-state index contributed by atoms with van der Waals surface area (Å²) in [6.07, 6.45) is -2.59. The van der Waals surface area contributed by atoms with Gasteiger partial charge in [0, 0.05) is 6.61 Å². The number of hydrogen-bond donors (Lipinski definition) is 1. The first-order valence-corrected chi connectivity index (χ1v) is 12.6. The van der Waals surface area contributed by atoms with E-state index >= 15 is 0 Å². The summed E-state index contributed by atoms with van der Waals surface area (Å²) in [5, 5.41) is 11.0. The second kappa shape index (κ2) is 14.2. The molecule has 5 atom stereocenters. The third-order valence-corrected chi connectivity index (χ3v) is 6.17. The Kier molecular flexibility index (Phi) is 10.5. The highest BCUT2D eigenvalue weighted by Crippen LogP contribution is 2.29. The van der Waals surface area contributed by atoms with Gasteiger partial charge in [-0.3, -0.25) is 0 Å². The highest BCUT2D eigenvalue weighted by Gasteiger charge is 2.49. The minimum absolute atomic E-state index is 0.288. The zero-order chi connectivity index (χ0) is 25.0. The lowest BCUT2D eigenvalue weighted by Crippen LogP contribution is -2.44. The maximum atomic E-state index is 11.0. The van der Waals surface area contributed by atoms with E-state index in [0.29, 0.717) is 26.4 Å². The number of rotatable bonds is 14. The molecule has 1 fully saturated rings. The van der Waals surface area contributed by atoms with Gasteiger partial charge in [-0.25, -0.2) is 0 Å². The van der Waals surface area contributed by atoms with Crippen LogP contribution >= 0.6 is 0 Å². The Morgan fingerprint density at radius 1 is 0.778 bits per heavy atom. The van der Waals surface area contributed by atoms with E-state index in [4.69, 9.17) is 23.7 Å². The number of hydrogen-bond acceptors (Lipinski definition) is 6. The molecule has 1 N–H and O–H groups in total. The van der Waals surface area contributed by atoms with Gasteiger partial charge in [0.15, 0.2) is 6.29 Å². The van der Waals surface area contributed by atoms with Crippen molar-refractivity contribution < 1.29 is 28.8 Å². The smallest absolute Gasteiger partial charge is 0.186 e. The van der Waals surface area contributed by atoms with Gasteiger partial charge in [-0.1, -0.05) is 91.0 Å². The molecule has 0 aliphatic carbocycles. The van der Waals surface area contributed by atoms with Crippen molar-refractivity contribution >= 4 is 0 Å². The molecule has 0 spiro atoms. The summed E-state index contributed by atoms with van der Waals surface area (Å²) in [5.74, 6) is 0. The normalized spacial score (nSPS) is 22.5. The maximum absolute atomic E-state index is 11.0. The molecule has 0 aromatic heterocycles. The minimum Gasteiger partial charge on any atom is -0.385 e. The fourth-order valence-electron chi connectivity index (χ4n) is 4.30. The predicted octanol–water partition coefficient (Wildman–Crippen LogP) is 4.54. The topological polar surface area (TPSA) is 66.4 Å². The summed E-state index contributed by atoms with van der Waals surface area (Å²) in [6.45, 7) is 3.88. The van der Waals surface area contributed by atoms with Gasteiger partial charge < -0.3 is 28.8 Å². The Balaban J connectivity index is 1.44. The largest absolute Gasteiger partial charge is 0.385 e. The van der Waals surface area contributed by atoms with Gasteiger partial charge in [-0.2, -0.15) is 0 Å². The summed E-state index contributed by atoms with van der Waals surface area (Å²) in [5.41, 5.74) is 3.30. The fraction of sp³-hybridized carbons (Fsp3) is 0.400. The van der Waals surface area contributed by atoms with E-state index in [0.717, 1.165) is 17.5 Å². The molecular formula is C30H36O6. The van der Waals surface area contributed by atoms with Crippen molar-refractivity contribution in [1.82, 2.24) is 0 Å². The zero-order valence-electron chi connectivity index (χ0n) is 20.8. The lowest BCUT2D eigenvalue weighted by atomic mass is 10.1. The average molecular weight is 493 g/mol. The van der Waals surface area contributed by atoms with Crippen molar-refractivity contribution in [3.05, 3.63) is 108 Å². The van der Waals surface area contributed by atoms with Crippen LogP contribution in [0.2, 0.25) is 0 Å². The van der Waals surface area contributed by atoms with Crippen LogP contribution in [0.15, 0.2) is 91.0 Å². The van der Waals surface area contributed by atoms with Gasteiger partial charge in [-0.15, -0.1) is 0 Å². The summed E-state index contributed by atoms with van der Waals surface area (Å²) < 4.78 is 30.4. The molecule has 0 amide bonds. The van der Waals surface area contributed by atoms with Gasteiger partial charge in [-0.05, 0) is 30.0 Å². The van der Waals surface area contributed by atoms with Crippen molar-refractivity contribution in [2.75, 3.05) is 19.8 Å². The van der Waals surface area contributed by atoms with E-state index < -0.39 is 30.7 Å². The number of ether oxygens (including phenoxy) is 5. The van der Waals surface area contributed by atoms with Crippen LogP contribution in [-0.2, 0) is 43.3 Å². The van der Waals surface area contributed by atoms with Crippen LogP contribution in [0.1, 0.15) is 23.6 Å². The molecule has 3 unspecified atom stereocenters. The number of benzene rings is 3. The highest BCUT2D eigenvalue weighted by molar-refractivity contribution is 5.15. The van der Waals surface area contributed by atoms with Gasteiger partial charge in [0.25, 0.3) is 0 Å². The Morgan fingerprint density at radius 3 is 1.97 bits per heavy atom. The van der Waals surface area contributed by atoms with Crippen LogP contribution in [0.4, 0.5) is 0 Å². The number of aliphatic hydroxyl groups excluding tert-OH is 1. The summed E-state index contributed by atoms with van der Waals surface area (Å²) >= 11 is 0. The van der Waals surface area contributed by atoms with Crippen LogP contribution in [0.3, 0.4) is 0 Å². The van der Waals surface area contributed by atoms with Crippen LogP contribution < -0.4 is 0 Å². The third-order valence-electron chi connectivity index (χ3n) is 6.17. The second-order valence-electron chi connectivity index (χ2n) is 8.82. The fourth-order valence-corrected chi connectivity index (χ4v) is 4.30. The second-order valence-corrected chi connectivity index (χ2v) is 8.82. The van der Waals surface area contributed by atoms with Crippen molar-refractivity contribution in [2.24, 2.45) is 0 Å². The molecule has 6 nitrogen and oxygen atoms in total. The molecule has 0 radical (unpaired) electrons. The average Bonchev–Trinajstić information content (AvgIpc) is 3.23. The first-order chi connectivity index (χ1) is 17.7. The quantitative estimate of drug-likeness (QED) is 0.357. The van der Waals surface area contributed by atoms with Crippen molar-refractivity contribution in [1.29, 1.82) is 0 Å². The van der Waals surface area contributed by atoms with Crippen molar-refractivity contribution in [3.8, 4) is 0 Å². The molecule has 0 bridgehead atoms. The lowest BCUT2D eigenvalue weighted by molar-refractivity contribution is -0.189. The maximum Gasteiger partial charge on any atom is 0.186 e. The molecule has 1 aliphatic rings. The molecule has 1 saturated heterocycles. The molecule has 3 aromatic carbocycles. The van der Waals surface area contributed by atoms with Gasteiger partial charge >= 0.3 is 0 Å². The summed E-state index contributed by atoms with van der Waals surface area (Å²) in [4.78, 5) is 0. The molecule has 1 heterocycles.